The van der Waals surface area contributed by atoms with Gasteiger partial charge in [-0.1, -0.05) is 18.9 Å². The molecule has 1 aliphatic rings. The Hall–Kier alpha value is -1.57. The zero-order valence-corrected chi connectivity index (χ0v) is 9.32. The van der Waals surface area contributed by atoms with Gasteiger partial charge in [0.05, 0.1) is 0 Å². The molecule has 1 saturated carbocycles. The molecular formula is C14H16N2. The number of pyridine rings is 1. The Morgan fingerprint density at radius 2 is 1.94 bits per heavy atom. The Morgan fingerprint density at radius 1 is 1.06 bits per heavy atom. The molecule has 16 heavy (non-hydrogen) atoms. The number of aromatic nitrogens is 1. The van der Waals surface area contributed by atoms with E-state index in [1.165, 1.54) is 42.1 Å². The molecule has 0 amide bonds. The summed E-state index contributed by atoms with van der Waals surface area (Å²) < 4.78 is 0. The lowest BCUT2D eigenvalue weighted by atomic mass is 10.1. The van der Waals surface area contributed by atoms with Gasteiger partial charge in [0.1, 0.15) is 0 Å². The van der Waals surface area contributed by atoms with Crippen molar-refractivity contribution in [2.75, 3.05) is 5.32 Å². The molecule has 1 aromatic carbocycles. The van der Waals surface area contributed by atoms with Crippen molar-refractivity contribution >= 4 is 16.5 Å². The molecule has 0 spiro atoms. The number of nitrogens with one attached hydrogen (secondary N) is 1. The SMILES string of the molecule is c1cc2cc(NC3CCCC3)ccc2cn1. The van der Waals surface area contributed by atoms with E-state index in [9.17, 15) is 0 Å². The largest absolute Gasteiger partial charge is 0.382 e. The summed E-state index contributed by atoms with van der Waals surface area (Å²) in [6, 6.07) is 9.26. The van der Waals surface area contributed by atoms with E-state index < -0.39 is 0 Å². The van der Waals surface area contributed by atoms with E-state index in [4.69, 9.17) is 0 Å². The predicted molar refractivity (Wildman–Crippen MR) is 67.6 cm³/mol. The molecule has 1 aliphatic carbocycles. The van der Waals surface area contributed by atoms with Crippen LogP contribution in [0.4, 0.5) is 5.69 Å². The maximum absolute atomic E-state index is 4.13. The molecule has 0 unspecified atom stereocenters. The highest BCUT2D eigenvalue weighted by molar-refractivity contribution is 5.84. The third kappa shape index (κ3) is 1.87. The van der Waals surface area contributed by atoms with E-state index in [0.717, 1.165) is 0 Å². The Balaban J connectivity index is 1.86. The van der Waals surface area contributed by atoms with Crippen LogP contribution in [0.15, 0.2) is 36.7 Å². The van der Waals surface area contributed by atoms with Crippen molar-refractivity contribution in [3.8, 4) is 0 Å². The first kappa shape index (κ1) is 9.64. The summed E-state index contributed by atoms with van der Waals surface area (Å²) in [5.74, 6) is 0. The molecule has 1 aromatic heterocycles. The molecule has 82 valence electrons. The van der Waals surface area contributed by atoms with Gasteiger partial charge < -0.3 is 5.32 Å². The number of fused-ring (bicyclic) bond motifs is 1. The first-order chi connectivity index (χ1) is 7.92. The van der Waals surface area contributed by atoms with Crippen molar-refractivity contribution in [3.63, 3.8) is 0 Å². The number of rotatable bonds is 2. The van der Waals surface area contributed by atoms with Gasteiger partial charge in [0.25, 0.3) is 0 Å². The average Bonchev–Trinajstić information content (AvgIpc) is 2.82. The lowest BCUT2D eigenvalue weighted by Crippen LogP contribution is -2.14. The highest BCUT2D eigenvalue weighted by atomic mass is 14.9. The predicted octanol–water partition coefficient (Wildman–Crippen LogP) is 3.59. The fraction of sp³-hybridized carbons (Fsp3) is 0.357. The van der Waals surface area contributed by atoms with Crippen LogP contribution in [0.1, 0.15) is 25.7 Å². The average molecular weight is 212 g/mol. The van der Waals surface area contributed by atoms with Crippen LogP contribution in [0.5, 0.6) is 0 Å². The molecule has 0 radical (unpaired) electrons. The van der Waals surface area contributed by atoms with Crippen molar-refractivity contribution in [2.45, 2.75) is 31.7 Å². The second-order valence-electron chi connectivity index (χ2n) is 4.56. The van der Waals surface area contributed by atoms with Gasteiger partial charge in [0, 0.05) is 29.5 Å². The van der Waals surface area contributed by atoms with Crippen LogP contribution >= 0.6 is 0 Å². The topological polar surface area (TPSA) is 24.9 Å². The molecule has 2 aromatic rings. The van der Waals surface area contributed by atoms with Crippen LogP contribution in [0.25, 0.3) is 10.8 Å². The second-order valence-corrected chi connectivity index (χ2v) is 4.56. The van der Waals surface area contributed by atoms with Crippen LogP contribution in [0.2, 0.25) is 0 Å². The van der Waals surface area contributed by atoms with Gasteiger partial charge in [-0.25, -0.2) is 0 Å². The fourth-order valence-electron chi connectivity index (χ4n) is 2.48. The summed E-state index contributed by atoms with van der Waals surface area (Å²) in [4.78, 5) is 4.13. The Morgan fingerprint density at radius 3 is 2.81 bits per heavy atom. The number of hydrogen-bond donors (Lipinski definition) is 1. The first-order valence-corrected chi connectivity index (χ1v) is 6.02. The van der Waals surface area contributed by atoms with Crippen LogP contribution in [-0.2, 0) is 0 Å². The summed E-state index contributed by atoms with van der Waals surface area (Å²) in [5, 5.41) is 6.08. The summed E-state index contributed by atoms with van der Waals surface area (Å²) in [6.45, 7) is 0. The van der Waals surface area contributed by atoms with E-state index in [0.29, 0.717) is 6.04 Å². The highest BCUT2D eigenvalue weighted by Crippen LogP contribution is 2.24. The third-order valence-corrected chi connectivity index (χ3v) is 3.37. The van der Waals surface area contributed by atoms with Gasteiger partial charge in [-0.2, -0.15) is 0 Å². The van der Waals surface area contributed by atoms with Gasteiger partial charge in [-0.3, -0.25) is 4.98 Å². The monoisotopic (exact) mass is 212 g/mol. The van der Waals surface area contributed by atoms with E-state index in [1.54, 1.807) is 0 Å². The molecule has 2 heteroatoms. The molecule has 0 atom stereocenters. The van der Waals surface area contributed by atoms with E-state index >= 15 is 0 Å². The van der Waals surface area contributed by atoms with Crippen LogP contribution in [-0.4, -0.2) is 11.0 Å². The van der Waals surface area contributed by atoms with Gasteiger partial charge in [0.2, 0.25) is 0 Å². The molecular weight excluding hydrogens is 196 g/mol. The van der Waals surface area contributed by atoms with Gasteiger partial charge in [0.15, 0.2) is 0 Å². The van der Waals surface area contributed by atoms with E-state index in [-0.39, 0.29) is 0 Å². The zero-order valence-electron chi connectivity index (χ0n) is 9.32. The molecule has 1 heterocycles. The first-order valence-electron chi connectivity index (χ1n) is 6.02. The molecule has 3 rings (SSSR count). The summed E-state index contributed by atoms with van der Waals surface area (Å²) >= 11 is 0. The van der Waals surface area contributed by atoms with Crippen molar-refractivity contribution < 1.29 is 0 Å². The van der Waals surface area contributed by atoms with Crippen molar-refractivity contribution in [1.82, 2.24) is 4.98 Å². The summed E-state index contributed by atoms with van der Waals surface area (Å²) in [5.41, 5.74) is 1.24. The molecule has 0 aliphatic heterocycles. The minimum atomic E-state index is 0.680. The minimum absolute atomic E-state index is 0.680. The van der Waals surface area contributed by atoms with Gasteiger partial charge in [-0.15, -0.1) is 0 Å². The maximum Gasteiger partial charge on any atom is 0.0348 e. The number of hydrogen-bond acceptors (Lipinski definition) is 2. The van der Waals surface area contributed by atoms with Crippen LogP contribution in [0.3, 0.4) is 0 Å². The maximum atomic E-state index is 4.13. The van der Waals surface area contributed by atoms with Crippen molar-refractivity contribution in [3.05, 3.63) is 36.7 Å². The second kappa shape index (κ2) is 4.12. The summed E-state index contributed by atoms with van der Waals surface area (Å²) in [6.07, 6.45) is 9.13. The van der Waals surface area contributed by atoms with E-state index in [1.807, 2.05) is 12.4 Å². The highest BCUT2D eigenvalue weighted by Gasteiger charge is 2.14. The van der Waals surface area contributed by atoms with Crippen molar-refractivity contribution in [1.29, 1.82) is 0 Å². The molecule has 0 bridgehead atoms. The quantitative estimate of drug-likeness (QED) is 0.822. The lowest BCUT2D eigenvalue weighted by Gasteiger charge is -2.13. The van der Waals surface area contributed by atoms with E-state index in [2.05, 4.69) is 34.6 Å². The smallest absolute Gasteiger partial charge is 0.0348 e. The molecule has 0 saturated heterocycles. The Labute approximate surface area is 95.7 Å². The Bertz CT molecular complexity index is 487. The molecule has 1 N–H and O–H groups in total. The normalized spacial score (nSPS) is 16.8. The Kier molecular flexibility index (Phi) is 2.49. The standard InChI is InChI=1S/C14H16N2/c1-2-4-13(3-1)16-14-6-5-12-10-15-8-7-11(12)9-14/h5-10,13,16H,1-4H2. The van der Waals surface area contributed by atoms with Crippen LogP contribution < -0.4 is 5.32 Å². The summed E-state index contributed by atoms with van der Waals surface area (Å²) in [7, 11) is 0. The molecule has 1 fully saturated rings. The fourth-order valence-corrected chi connectivity index (χ4v) is 2.48. The zero-order chi connectivity index (χ0) is 10.8. The number of benzene rings is 1. The third-order valence-electron chi connectivity index (χ3n) is 3.37. The number of nitrogens with zero attached hydrogens (tertiary/aromatic N) is 1. The van der Waals surface area contributed by atoms with Gasteiger partial charge >= 0.3 is 0 Å². The van der Waals surface area contributed by atoms with Crippen molar-refractivity contribution in [2.24, 2.45) is 0 Å². The molecule has 2 nitrogen and oxygen atoms in total. The van der Waals surface area contributed by atoms with Crippen LogP contribution in [0, 0.1) is 0 Å². The minimum Gasteiger partial charge on any atom is -0.382 e. The lowest BCUT2D eigenvalue weighted by molar-refractivity contribution is 0.756. The number of anilines is 1. The van der Waals surface area contributed by atoms with Gasteiger partial charge in [-0.05, 0) is 36.4 Å².